The lowest BCUT2D eigenvalue weighted by atomic mass is 9.92. The van der Waals surface area contributed by atoms with E-state index in [9.17, 15) is 8.42 Å². The normalized spacial score (nSPS) is 19.0. The van der Waals surface area contributed by atoms with Crippen LogP contribution >= 0.6 is 11.6 Å². The molecular weight excluding hydrogens is 458 g/mol. The van der Waals surface area contributed by atoms with Crippen LogP contribution in [0.4, 0.5) is 5.95 Å². The third-order valence-electron chi connectivity index (χ3n) is 6.08. The van der Waals surface area contributed by atoms with Gasteiger partial charge in [0, 0.05) is 29.2 Å². The minimum Gasteiger partial charge on any atom is -0.351 e. The molecule has 3 N–H and O–H groups in total. The third kappa shape index (κ3) is 4.21. The van der Waals surface area contributed by atoms with E-state index in [2.05, 4.69) is 15.3 Å². The topological polar surface area (TPSA) is 103 Å². The van der Waals surface area contributed by atoms with Crippen molar-refractivity contribution in [2.24, 2.45) is 5.73 Å². The number of nitrogens with two attached hydrogens (primary N) is 1. The summed E-state index contributed by atoms with van der Waals surface area (Å²) in [5.74, 6) is 0.470. The van der Waals surface area contributed by atoms with Crippen LogP contribution in [0.15, 0.2) is 71.9 Å². The molecule has 1 fully saturated rings. The van der Waals surface area contributed by atoms with E-state index in [-0.39, 0.29) is 17.0 Å². The van der Waals surface area contributed by atoms with Crippen LogP contribution in [0, 0.1) is 0 Å². The van der Waals surface area contributed by atoms with Crippen LogP contribution in [-0.2, 0) is 10.0 Å². The zero-order valence-corrected chi connectivity index (χ0v) is 19.4. The van der Waals surface area contributed by atoms with E-state index >= 15 is 0 Å². The first-order chi connectivity index (χ1) is 15.9. The molecule has 2 heterocycles. The molecule has 4 aromatic rings. The largest absolute Gasteiger partial charge is 0.351 e. The first-order valence-electron chi connectivity index (χ1n) is 10.9. The molecule has 0 atom stereocenters. The van der Waals surface area contributed by atoms with E-state index in [4.69, 9.17) is 17.3 Å². The zero-order chi connectivity index (χ0) is 23.0. The number of halogens is 1. The van der Waals surface area contributed by atoms with Gasteiger partial charge in [0.25, 0.3) is 10.0 Å². The Morgan fingerprint density at radius 3 is 2.45 bits per heavy atom. The summed E-state index contributed by atoms with van der Waals surface area (Å²) in [4.78, 5) is 9.24. The second-order valence-electron chi connectivity index (χ2n) is 8.32. The number of hydrogen-bond donors (Lipinski definition) is 2. The van der Waals surface area contributed by atoms with Gasteiger partial charge in [0.05, 0.1) is 27.3 Å². The minimum atomic E-state index is -3.80. The third-order valence-corrected chi connectivity index (χ3v) is 8.05. The molecule has 2 aromatic heterocycles. The lowest BCUT2D eigenvalue weighted by Crippen LogP contribution is -2.33. The number of hydrogen-bond acceptors (Lipinski definition) is 6. The molecule has 0 bridgehead atoms. The molecule has 2 aromatic carbocycles. The van der Waals surface area contributed by atoms with Crippen molar-refractivity contribution in [2.45, 2.75) is 42.7 Å². The Hall–Kier alpha value is -2.94. The fourth-order valence-electron chi connectivity index (χ4n) is 4.32. The number of para-hydroxylation sites is 1. The number of nitrogens with zero attached hydrogens (tertiary/aromatic N) is 3. The second-order valence-corrected chi connectivity index (χ2v) is 10.5. The van der Waals surface area contributed by atoms with Crippen LogP contribution in [-0.4, -0.2) is 34.4 Å². The highest BCUT2D eigenvalue weighted by molar-refractivity contribution is 7.90. The van der Waals surface area contributed by atoms with Gasteiger partial charge in [0.2, 0.25) is 5.95 Å². The highest BCUT2D eigenvalue weighted by Gasteiger charge is 2.24. The van der Waals surface area contributed by atoms with Crippen LogP contribution in [0.3, 0.4) is 0 Å². The molecule has 0 amide bonds. The molecule has 5 rings (SSSR count). The molecular formula is C24H24ClN5O2S. The second kappa shape index (κ2) is 8.78. The van der Waals surface area contributed by atoms with Gasteiger partial charge in [-0.25, -0.2) is 22.4 Å². The Morgan fingerprint density at radius 1 is 1.00 bits per heavy atom. The zero-order valence-electron chi connectivity index (χ0n) is 17.9. The van der Waals surface area contributed by atoms with Crippen molar-refractivity contribution in [3.63, 3.8) is 0 Å². The van der Waals surface area contributed by atoms with E-state index in [0.29, 0.717) is 27.7 Å². The molecule has 0 unspecified atom stereocenters. The van der Waals surface area contributed by atoms with Gasteiger partial charge in [-0.15, -0.1) is 0 Å². The summed E-state index contributed by atoms with van der Waals surface area (Å²) in [5, 5.41) is 4.48. The van der Waals surface area contributed by atoms with Crippen LogP contribution in [0.1, 0.15) is 25.7 Å². The summed E-state index contributed by atoms with van der Waals surface area (Å²) in [6.45, 7) is 0. The van der Waals surface area contributed by atoms with Crippen LogP contribution in [0.25, 0.3) is 22.2 Å². The Morgan fingerprint density at radius 2 is 1.70 bits per heavy atom. The molecule has 1 saturated carbocycles. The van der Waals surface area contributed by atoms with E-state index in [0.717, 1.165) is 31.1 Å². The number of aromatic nitrogens is 3. The fraction of sp³-hybridized carbons (Fsp3) is 0.250. The number of benzene rings is 2. The molecule has 0 aliphatic heterocycles. The predicted molar refractivity (Wildman–Crippen MR) is 131 cm³/mol. The standard InChI is InChI=1S/C24H24ClN5O2S/c25-21-14-27-24(28-17-12-10-16(26)11-13-17)29-23(21)20-15-30(22-9-5-4-8-19(20)22)33(31,32)18-6-2-1-3-7-18/h1-9,14-17H,10-13,26H2,(H,27,28,29)/t16-,17-. The number of rotatable bonds is 5. The van der Waals surface area contributed by atoms with Gasteiger partial charge < -0.3 is 11.1 Å². The Bertz CT molecular complexity index is 1400. The maximum atomic E-state index is 13.4. The van der Waals surface area contributed by atoms with Crippen LogP contribution in [0.5, 0.6) is 0 Å². The summed E-state index contributed by atoms with van der Waals surface area (Å²) >= 11 is 6.51. The average molecular weight is 482 g/mol. The van der Waals surface area contributed by atoms with E-state index in [1.807, 2.05) is 18.2 Å². The molecule has 0 radical (unpaired) electrons. The highest BCUT2D eigenvalue weighted by atomic mass is 35.5. The lowest BCUT2D eigenvalue weighted by Gasteiger charge is -2.26. The van der Waals surface area contributed by atoms with Crippen LogP contribution < -0.4 is 11.1 Å². The van der Waals surface area contributed by atoms with E-state index in [1.165, 1.54) is 3.97 Å². The SMILES string of the molecule is N[C@H]1CC[C@H](Nc2ncc(Cl)c(-c3cn(S(=O)(=O)c4ccccc4)c4ccccc34)n2)CC1. The fourth-order valence-corrected chi connectivity index (χ4v) is 5.90. The van der Waals surface area contributed by atoms with Gasteiger partial charge in [-0.2, -0.15) is 0 Å². The van der Waals surface area contributed by atoms with Crippen LogP contribution in [0.2, 0.25) is 5.02 Å². The Labute approximate surface area is 197 Å². The molecule has 1 aliphatic carbocycles. The Kier molecular flexibility index (Phi) is 5.82. The Balaban J connectivity index is 1.58. The monoisotopic (exact) mass is 481 g/mol. The van der Waals surface area contributed by atoms with Crippen molar-refractivity contribution in [3.05, 3.63) is 72.0 Å². The summed E-state index contributed by atoms with van der Waals surface area (Å²) < 4.78 is 28.1. The number of fused-ring (bicyclic) bond motifs is 1. The molecule has 33 heavy (non-hydrogen) atoms. The van der Waals surface area contributed by atoms with Crippen molar-refractivity contribution in [3.8, 4) is 11.3 Å². The van der Waals surface area contributed by atoms with Gasteiger partial charge >= 0.3 is 0 Å². The molecule has 0 spiro atoms. The quantitative estimate of drug-likeness (QED) is 0.429. The van der Waals surface area contributed by atoms with Crippen molar-refractivity contribution >= 4 is 38.5 Å². The minimum absolute atomic E-state index is 0.212. The number of anilines is 1. The van der Waals surface area contributed by atoms with Crippen molar-refractivity contribution in [1.82, 2.24) is 13.9 Å². The van der Waals surface area contributed by atoms with Crippen molar-refractivity contribution < 1.29 is 8.42 Å². The van der Waals surface area contributed by atoms with Crippen molar-refractivity contribution in [2.75, 3.05) is 5.32 Å². The van der Waals surface area contributed by atoms with Gasteiger partial charge in [-0.3, -0.25) is 0 Å². The molecule has 7 nitrogen and oxygen atoms in total. The summed E-state index contributed by atoms with van der Waals surface area (Å²) in [7, 11) is -3.80. The molecule has 1 aliphatic rings. The maximum Gasteiger partial charge on any atom is 0.268 e. The summed E-state index contributed by atoms with van der Waals surface area (Å²) in [6.07, 6.45) is 6.98. The predicted octanol–water partition coefficient (Wildman–Crippen LogP) is 4.67. The first kappa shape index (κ1) is 21.9. The van der Waals surface area contributed by atoms with E-state index < -0.39 is 10.0 Å². The van der Waals surface area contributed by atoms with Crippen molar-refractivity contribution in [1.29, 1.82) is 0 Å². The number of nitrogens with one attached hydrogen (secondary N) is 1. The van der Waals surface area contributed by atoms with E-state index in [1.54, 1.807) is 48.8 Å². The molecule has 0 saturated heterocycles. The van der Waals surface area contributed by atoms with Gasteiger partial charge in [-0.1, -0.05) is 48.0 Å². The summed E-state index contributed by atoms with van der Waals surface area (Å²) in [5.41, 5.74) is 7.69. The lowest BCUT2D eigenvalue weighted by molar-refractivity contribution is 0.410. The van der Waals surface area contributed by atoms with Gasteiger partial charge in [-0.05, 0) is 43.9 Å². The highest BCUT2D eigenvalue weighted by Crippen LogP contribution is 2.36. The average Bonchev–Trinajstić information content (AvgIpc) is 3.23. The van der Waals surface area contributed by atoms with Gasteiger partial charge in [0.1, 0.15) is 0 Å². The summed E-state index contributed by atoms with van der Waals surface area (Å²) in [6, 6.07) is 16.2. The molecule has 9 heteroatoms. The molecule has 170 valence electrons. The first-order valence-corrected chi connectivity index (χ1v) is 12.7. The smallest absolute Gasteiger partial charge is 0.268 e. The maximum absolute atomic E-state index is 13.4. The van der Waals surface area contributed by atoms with Gasteiger partial charge in [0.15, 0.2) is 0 Å².